The van der Waals surface area contributed by atoms with Crippen LogP contribution in [0.15, 0.2) is 12.3 Å². The van der Waals surface area contributed by atoms with Gasteiger partial charge in [0.05, 0.1) is 12.2 Å². The zero-order chi connectivity index (χ0) is 11.7. The Morgan fingerprint density at radius 1 is 1.44 bits per heavy atom. The van der Waals surface area contributed by atoms with Gasteiger partial charge in [-0.25, -0.2) is 0 Å². The number of morpholine rings is 1. The van der Waals surface area contributed by atoms with E-state index >= 15 is 0 Å². The third kappa shape index (κ3) is 2.24. The molecule has 0 saturated carbocycles. The zero-order valence-electron chi connectivity index (χ0n) is 9.88. The predicted molar refractivity (Wildman–Crippen MR) is 59.1 cm³/mol. The van der Waals surface area contributed by atoms with Crippen molar-refractivity contribution < 1.29 is 9.53 Å². The average Bonchev–Trinajstić information content (AvgIpc) is 2.62. The van der Waals surface area contributed by atoms with E-state index in [4.69, 9.17) is 4.74 Å². The van der Waals surface area contributed by atoms with E-state index < -0.39 is 0 Å². The molecule has 1 amide bonds. The van der Waals surface area contributed by atoms with Gasteiger partial charge in [-0.3, -0.25) is 9.48 Å². The van der Waals surface area contributed by atoms with E-state index in [0.29, 0.717) is 18.8 Å². The Morgan fingerprint density at radius 2 is 2.06 bits per heavy atom. The van der Waals surface area contributed by atoms with Crippen LogP contribution in [0, 0.1) is 0 Å². The summed E-state index contributed by atoms with van der Waals surface area (Å²) in [6, 6.07) is 1.74. The molecular formula is C11H17N3O2. The summed E-state index contributed by atoms with van der Waals surface area (Å²) in [6.07, 6.45) is 1.97. The Hall–Kier alpha value is -1.36. The number of aromatic nitrogens is 2. The van der Waals surface area contributed by atoms with Crippen molar-refractivity contribution in [2.75, 3.05) is 13.1 Å². The molecule has 1 aromatic rings. The van der Waals surface area contributed by atoms with Crippen LogP contribution in [0.3, 0.4) is 0 Å². The first-order valence-electron chi connectivity index (χ1n) is 5.50. The van der Waals surface area contributed by atoms with Crippen molar-refractivity contribution in [1.29, 1.82) is 0 Å². The van der Waals surface area contributed by atoms with Crippen LogP contribution >= 0.6 is 0 Å². The first-order valence-corrected chi connectivity index (χ1v) is 5.50. The highest BCUT2D eigenvalue weighted by Gasteiger charge is 2.27. The highest BCUT2D eigenvalue weighted by molar-refractivity contribution is 5.92. The Balaban J connectivity index is 2.09. The minimum absolute atomic E-state index is 0.0115. The van der Waals surface area contributed by atoms with Gasteiger partial charge in [-0.2, -0.15) is 5.10 Å². The van der Waals surface area contributed by atoms with Crippen molar-refractivity contribution in [2.45, 2.75) is 26.1 Å². The molecule has 0 radical (unpaired) electrons. The maximum Gasteiger partial charge on any atom is 0.274 e. The van der Waals surface area contributed by atoms with E-state index in [1.165, 1.54) is 0 Å². The molecule has 0 aromatic carbocycles. The second-order valence-corrected chi connectivity index (χ2v) is 4.34. The van der Waals surface area contributed by atoms with E-state index in [9.17, 15) is 4.79 Å². The molecule has 1 aliphatic heterocycles. The molecule has 1 aromatic heterocycles. The summed E-state index contributed by atoms with van der Waals surface area (Å²) >= 11 is 0. The van der Waals surface area contributed by atoms with Gasteiger partial charge in [0.1, 0.15) is 5.69 Å². The molecule has 16 heavy (non-hydrogen) atoms. The maximum absolute atomic E-state index is 12.1. The van der Waals surface area contributed by atoms with Gasteiger partial charge < -0.3 is 9.64 Å². The minimum atomic E-state index is -0.0115. The Morgan fingerprint density at radius 3 is 2.56 bits per heavy atom. The van der Waals surface area contributed by atoms with E-state index in [1.807, 2.05) is 13.8 Å². The zero-order valence-corrected chi connectivity index (χ0v) is 9.88. The van der Waals surface area contributed by atoms with Crippen molar-refractivity contribution in [3.8, 4) is 0 Å². The normalized spacial score (nSPS) is 25.8. The third-order valence-electron chi connectivity index (χ3n) is 2.64. The molecule has 2 atom stereocenters. The first kappa shape index (κ1) is 11.1. The molecular weight excluding hydrogens is 206 g/mol. The Kier molecular flexibility index (Phi) is 2.96. The summed E-state index contributed by atoms with van der Waals surface area (Å²) in [5.41, 5.74) is 0.504. The predicted octanol–water partition coefficient (Wildman–Crippen LogP) is 0.669. The summed E-state index contributed by atoms with van der Waals surface area (Å²) in [5, 5.41) is 4.12. The summed E-state index contributed by atoms with van der Waals surface area (Å²) in [5.74, 6) is -0.0115. The van der Waals surface area contributed by atoms with Crippen LogP contribution in [-0.2, 0) is 11.8 Å². The molecule has 0 N–H and O–H groups in total. The van der Waals surface area contributed by atoms with Crippen molar-refractivity contribution in [3.63, 3.8) is 0 Å². The lowest BCUT2D eigenvalue weighted by molar-refractivity contribution is -0.0587. The number of carbonyl (C=O) groups is 1. The van der Waals surface area contributed by atoms with E-state index in [2.05, 4.69) is 5.10 Å². The molecule has 2 rings (SSSR count). The van der Waals surface area contributed by atoms with Crippen LogP contribution in [0.1, 0.15) is 24.3 Å². The van der Waals surface area contributed by atoms with E-state index in [1.54, 1.807) is 28.9 Å². The summed E-state index contributed by atoms with van der Waals surface area (Å²) in [6.45, 7) is 5.24. The monoisotopic (exact) mass is 223 g/mol. The number of hydrogen-bond donors (Lipinski definition) is 0. The van der Waals surface area contributed by atoms with Crippen molar-refractivity contribution in [3.05, 3.63) is 18.0 Å². The first-order chi connectivity index (χ1) is 7.56. The lowest BCUT2D eigenvalue weighted by atomic mass is 10.2. The van der Waals surface area contributed by atoms with Crippen LogP contribution < -0.4 is 0 Å². The molecule has 1 aliphatic rings. The van der Waals surface area contributed by atoms with Gasteiger partial charge in [-0.1, -0.05) is 0 Å². The standard InChI is InChI=1S/C11H17N3O2/c1-8-6-14(7-9(2)16-8)11(15)10-4-5-13(3)12-10/h4-5,8-9H,6-7H2,1-3H3/t8-,9-/m0/s1. The number of ether oxygens (including phenoxy) is 1. The van der Waals surface area contributed by atoms with Gasteiger partial charge in [0.25, 0.3) is 5.91 Å². The van der Waals surface area contributed by atoms with Gasteiger partial charge >= 0.3 is 0 Å². The molecule has 5 nitrogen and oxygen atoms in total. The van der Waals surface area contributed by atoms with Gasteiger partial charge in [-0.15, -0.1) is 0 Å². The summed E-state index contributed by atoms with van der Waals surface area (Å²) < 4.78 is 7.23. The van der Waals surface area contributed by atoms with E-state index in [0.717, 1.165) is 0 Å². The molecule has 0 aliphatic carbocycles. The smallest absolute Gasteiger partial charge is 0.274 e. The number of rotatable bonds is 1. The van der Waals surface area contributed by atoms with E-state index in [-0.39, 0.29) is 18.1 Å². The fraction of sp³-hybridized carbons (Fsp3) is 0.636. The third-order valence-corrected chi connectivity index (χ3v) is 2.64. The van der Waals surface area contributed by atoms with Crippen molar-refractivity contribution in [1.82, 2.24) is 14.7 Å². The van der Waals surface area contributed by atoms with Crippen LogP contribution in [0.4, 0.5) is 0 Å². The lowest BCUT2D eigenvalue weighted by Gasteiger charge is -2.34. The Bertz CT molecular complexity index is 378. The number of aryl methyl sites for hydroxylation is 1. The molecule has 88 valence electrons. The highest BCUT2D eigenvalue weighted by Crippen LogP contribution is 2.13. The molecule has 0 unspecified atom stereocenters. The van der Waals surface area contributed by atoms with Crippen molar-refractivity contribution >= 4 is 5.91 Å². The highest BCUT2D eigenvalue weighted by atomic mass is 16.5. The molecule has 1 saturated heterocycles. The largest absolute Gasteiger partial charge is 0.372 e. The van der Waals surface area contributed by atoms with Crippen LogP contribution in [0.2, 0.25) is 0 Å². The van der Waals surface area contributed by atoms with Gasteiger partial charge in [0, 0.05) is 26.3 Å². The van der Waals surface area contributed by atoms with Crippen LogP contribution in [0.25, 0.3) is 0 Å². The number of amides is 1. The number of carbonyl (C=O) groups excluding carboxylic acids is 1. The molecule has 0 spiro atoms. The number of nitrogens with zero attached hydrogens (tertiary/aromatic N) is 3. The number of hydrogen-bond acceptors (Lipinski definition) is 3. The fourth-order valence-corrected chi connectivity index (χ4v) is 2.03. The quantitative estimate of drug-likeness (QED) is 0.703. The second kappa shape index (κ2) is 4.25. The average molecular weight is 223 g/mol. The molecule has 0 bridgehead atoms. The summed E-state index contributed by atoms with van der Waals surface area (Å²) in [7, 11) is 1.81. The topological polar surface area (TPSA) is 47.4 Å². The fourth-order valence-electron chi connectivity index (χ4n) is 2.03. The minimum Gasteiger partial charge on any atom is -0.372 e. The lowest BCUT2D eigenvalue weighted by Crippen LogP contribution is -2.48. The summed E-state index contributed by atoms with van der Waals surface area (Å²) in [4.78, 5) is 13.9. The molecule has 5 heteroatoms. The molecule has 1 fully saturated rings. The van der Waals surface area contributed by atoms with Gasteiger partial charge in [0.2, 0.25) is 0 Å². The second-order valence-electron chi connectivity index (χ2n) is 4.34. The van der Waals surface area contributed by atoms with Gasteiger partial charge in [-0.05, 0) is 19.9 Å². The maximum atomic E-state index is 12.1. The van der Waals surface area contributed by atoms with Crippen LogP contribution in [-0.4, -0.2) is 45.9 Å². The van der Waals surface area contributed by atoms with Crippen molar-refractivity contribution in [2.24, 2.45) is 7.05 Å². The molecule has 2 heterocycles. The van der Waals surface area contributed by atoms with Gasteiger partial charge in [0.15, 0.2) is 0 Å². The SMILES string of the molecule is C[C@H]1CN(C(=O)c2ccn(C)n2)C[C@H](C)O1. The Labute approximate surface area is 95.0 Å². The van der Waals surface area contributed by atoms with Crippen LogP contribution in [0.5, 0.6) is 0 Å².